The molecule has 1 rings (SSSR count). The second-order valence-corrected chi connectivity index (χ2v) is 3.00. The second kappa shape index (κ2) is 6.44. The number of rotatable bonds is 1. The molecule has 0 spiro atoms. The van der Waals surface area contributed by atoms with Crippen LogP contribution in [0.1, 0.15) is 40.5 Å². The van der Waals surface area contributed by atoms with Crippen LogP contribution in [0.4, 0.5) is 0 Å². The highest BCUT2D eigenvalue weighted by Crippen LogP contribution is 2.20. The van der Waals surface area contributed by atoms with E-state index in [4.69, 9.17) is 9.47 Å². The SMILES string of the molecule is CC.COC1CCC(C)O[C@H]1C. The van der Waals surface area contributed by atoms with Gasteiger partial charge in [0.1, 0.15) is 0 Å². The van der Waals surface area contributed by atoms with Crippen molar-refractivity contribution in [2.45, 2.75) is 58.8 Å². The van der Waals surface area contributed by atoms with Gasteiger partial charge < -0.3 is 9.47 Å². The first-order chi connectivity index (χ1) is 5.74. The lowest BCUT2D eigenvalue weighted by Gasteiger charge is -2.31. The highest BCUT2D eigenvalue weighted by atomic mass is 16.5. The van der Waals surface area contributed by atoms with Crippen LogP contribution in [-0.2, 0) is 9.47 Å². The van der Waals surface area contributed by atoms with Crippen molar-refractivity contribution in [3.05, 3.63) is 0 Å². The summed E-state index contributed by atoms with van der Waals surface area (Å²) >= 11 is 0. The van der Waals surface area contributed by atoms with Crippen molar-refractivity contribution in [2.75, 3.05) is 7.11 Å². The van der Waals surface area contributed by atoms with Gasteiger partial charge in [-0.05, 0) is 26.7 Å². The van der Waals surface area contributed by atoms with E-state index < -0.39 is 0 Å². The minimum absolute atomic E-state index is 0.272. The highest BCUT2D eigenvalue weighted by molar-refractivity contribution is 4.74. The lowest BCUT2D eigenvalue weighted by atomic mass is 10.0. The van der Waals surface area contributed by atoms with Crippen molar-refractivity contribution < 1.29 is 9.47 Å². The molecule has 0 radical (unpaired) electrons. The third-order valence-electron chi connectivity index (χ3n) is 2.13. The quantitative estimate of drug-likeness (QED) is 0.608. The summed E-state index contributed by atoms with van der Waals surface area (Å²) < 4.78 is 10.8. The van der Waals surface area contributed by atoms with Crippen molar-refractivity contribution in [1.29, 1.82) is 0 Å². The van der Waals surface area contributed by atoms with E-state index in [0.717, 1.165) is 12.8 Å². The van der Waals surface area contributed by atoms with Gasteiger partial charge in [0.25, 0.3) is 0 Å². The van der Waals surface area contributed by atoms with E-state index in [1.807, 2.05) is 13.8 Å². The van der Waals surface area contributed by atoms with Gasteiger partial charge in [0.05, 0.1) is 18.3 Å². The fraction of sp³-hybridized carbons (Fsp3) is 1.00. The number of hydrogen-bond acceptors (Lipinski definition) is 2. The van der Waals surface area contributed by atoms with Gasteiger partial charge in [0.15, 0.2) is 0 Å². The largest absolute Gasteiger partial charge is 0.379 e. The van der Waals surface area contributed by atoms with Gasteiger partial charge in [0, 0.05) is 7.11 Å². The maximum absolute atomic E-state index is 5.56. The average molecular weight is 174 g/mol. The van der Waals surface area contributed by atoms with E-state index in [0.29, 0.717) is 12.2 Å². The molecule has 1 aliphatic rings. The molecule has 0 amide bonds. The van der Waals surface area contributed by atoms with Gasteiger partial charge >= 0.3 is 0 Å². The first-order valence-electron chi connectivity index (χ1n) is 4.92. The average Bonchev–Trinajstić information content (AvgIpc) is 2.08. The molecule has 0 N–H and O–H groups in total. The summed E-state index contributed by atoms with van der Waals surface area (Å²) in [6, 6.07) is 0. The Morgan fingerprint density at radius 1 is 1.17 bits per heavy atom. The van der Waals surface area contributed by atoms with Crippen LogP contribution in [0, 0.1) is 0 Å². The van der Waals surface area contributed by atoms with E-state index in [-0.39, 0.29) is 6.10 Å². The summed E-state index contributed by atoms with van der Waals surface area (Å²) in [4.78, 5) is 0. The molecule has 1 heterocycles. The predicted molar refractivity (Wildman–Crippen MR) is 51.4 cm³/mol. The van der Waals surface area contributed by atoms with Crippen molar-refractivity contribution in [3.63, 3.8) is 0 Å². The third-order valence-corrected chi connectivity index (χ3v) is 2.13. The van der Waals surface area contributed by atoms with Crippen LogP contribution in [0.25, 0.3) is 0 Å². The normalized spacial score (nSPS) is 35.2. The molecule has 12 heavy (non-hydrogen) atoms. The Morgan fingerprint density at radius 2 is 1.75 bits per heavy atom. The number of methoxy groups -OCH3 is 1. The molecule has 0 bridgehead atoms. The van der Waals surface area contributed by atoms with Crippen LogP contribution < -0.4 is 0 Å². The minimum Gasteiger partial charge on any atom is -0.379 e. The molecule has 0 aromatic carbocycles. The molecule has 2 unspecified atom stereocenters. The van der Waals surface area contributed by atoms with Crippen LogP contribution in [0.15, 0.2) is 0 Å². The highest BCUT2D eigenvalue weighted by Gasteiger charge is 2.25. The molecule has 0 aliphatic carbocycles. The monoisotopic (exact) mass is 174 g/mol. The van der Waals surface area contributed by atoms with Gasteiger partial charge in [0.2, 0.25) is 0 Å². The Balaban J connectivity index is 0.000000561. The van der Waals surface area contributed by atoms with Crippen molar-refractivity contribution >= 4 is 0 Å². The molecule has 0 aromatic heterocycles. The van der Waals surface area contributed by atoms with Crippen LogP contribution >= 0.6 is 0 Å². The molecule has 1 aliphatic heterocycles. The van der Waals surface area contributed by atoms with Crippen LogP contribution in [0.5, 0.6) is 0 Å². The Labute approximate surface area is 76.3 Å². The smallest absolute Gasteiger partial charge is 0.0831 e. The van der Waals surface area contributed by atoms with Crippen LogP contribution in [0.3, 0.4) is 0 Å². The lowest BCUT2D eigenvalue weighted by molar-refractivity contribution is -0.114. The summed E-state index contributed by atoms with van der Waals surface area (Å²) in [7, 11) is 1.75. The molecule has 1 saturated heterocycles. The summed E-state index contributed by atoms with van der Waals surface area (Å²) in [6.07, 6.45) is 3.27. The van der Waals surface area contributed by atoms with Crippen molar-refractivity contribution in [2.24, 2.45) is 0 Å². The molecule has 74 valence electrons. The standard InChI is InChI=1S/C8H16O2.C2H6/c1-6-4-5-8(9-3)7(2)10-6;1-2/h6-8H,4-5H2,1-3H3;1-2H3/t6?,7-,8?;/m0./s1. The van der Waals surface area contributed by atoms with E-state index in [2.05, 4.69) is 13.8 Å². The molecule has 2 heteroatoms. The number of ether oxygens (including phenoxy) is 2. The van der Waals surface area contributed by atoms with Crippen molar-refractivity contribution in [3.8, 4) is 0 Å². The van der Waals surface area contributed by atoms with Gasteiger partial charge in [-0.3, -0.25) is 0 Å². The maximum atomic E-state index is 5.56. The minimum atomic E-state index is 0.272. The van der Waals surface area contributed by atoms with Gasteiger partial charge in [-0.15, -0.1) is 0 Å². The fourth-order valence-electron chi connectivity index (χ4n) is 1.47. The maximum Gasteiger partial charge on any atom is 0.0831 e. The van der Waals surface area contributed by atoms with Crippen LogP contribution in [-0.4, -0.2) is 25.4 Å². The Hall–Kier alpha value is -0.0800. The summed E-state index contributed by atoms with van der Waals surface area (Å²) in [5.41, 5.74) is 0. The molecule has 2 nitrogen and oxygen atoms in total. The molecule has 0 saturated carbocycles. The van der Waals surface area contributed by atoms with Gasteiger partial charge in [-0.25, -0.2) is 0 Å². The summed E-state index contributed by atoms with van der Waals surface area (Å²) in [6.45, 7) is 8.19. The third kappa shape index (κ3) is 3.55. The van der Waals surface area contributed by atoms with Crippen LogP contribution in [0.2, 0.25) is 0 Å². The second-order valence-electron chi connectivity index (χ2n) is 3.00. The first-order valence-corrected chi connectivity index (χ1v) is 4.92. The number of hydrogen-bond donors (Lipinski definition) is 0. The zero-order chi connectivity index (χ0) is 9.56. The van der Waals surface area contributed by atoms with E-state index in [1.54, 1.807) is 7.11 Å². The molecule has 1 fully saturated rings. The van der Waals surface area contributed by atoms with E-state index >= 15 is 0 Å². The van der Waals surface area contributed by atoms with E-state index in [9.17, 15) is 0 Å². The zero-order valence-corrected chi connectivity index (χ0v) is 8.96. The predicted octanol–water partition coefficient (Wildman–Crippen LogP) is 2.62. The fourth-order valence-corrected chi connectivity index (χ4v) is 1.47. The Morgan fingerprint density at radius 3 is 2.17 bits per heavy atom. The molecule has 0 aromatic rings. The van der Waals surface area contributed by atoms with Gasteiger partial charge in [-0.2, -0.15) is 0 Å². The van der Waals surface area contributed by atoms with E-state index in [1.165, 1.54) is 0 Å². The summed E-state index contributed by atoms with van der Waals surface area (Å²) in [5, 5.41) is 0. The lowest BCUT2D eigenvalue weighted by Crippen LogP contribution is -2.36. The molecular formula is C10H22O2. The van der Waals surface area contributed by atoms with Gasteiger partial charge in [-0.1, -0.05) is 13.8 Å². The Kier molecular flexibility index (Phi) is 6.39. The molecule has 3 atom stereocenters. The topological polar surface area (TPSA) is 18.5 Å². The summed E-state index contributed by atoms with van der Waals surface area (Å²) in [5.74, 6) is 0. The zero-order valence-electron chi connectivity index (χ0n) is 8.96. The first kappa shape index (κ1) is 11.9. The Bertz CT molecular complexity index is 104. The van der Waals surface area contributed by atoms with Crippen molar-refractivity contribution in [1.82, 2.24) is 0 Å². The molecular weight excluding hydrogens is 152 g/mol.